The monoisotopic (exact) mass is 291 g/mol. The van der Waals surface area contributed by atoms with Gasteiger partial charge in [-0.1, -0.05) is 0 Å². The quantitative estimate of drug-likeness (QED) is 0.845. The maximum Gasteiger partial charge on any atom is 0.258 e. The van der Waals surface area contributed by atoms with E-state index in [-0.39, 0.29) is 18.6 Å². The van der Waals surface area contributed by atoms with Crippen molar-refractivity contribution in [1.29, 1.82) is 0 Å². The summed E-state index contributed by atoms with van der Waals surface area (Å²) >= 11 is 0. The van der Waals surface area contributed by atoms with Crippen LogP contribution in [0.3, 0.4) is 0 Å². The van der Waals surface area contributed by atoms with Gasteiger partial charge < -0.3 is 14.8 Å². The Morgan fingerprint density at radius 2 is 2.43 bits per heavy atom. The highest BCUT2D eigenvalue weighted by Gasteiger charge is 2.14. The van der Waals surface area contributed by atoms with Crippen molar-refractivity contribution < 1.29 is 14.3 Å². The summed E-state index contributed by atoms with van der Waals surface area (Å²) in [6.07, 6.45) is 4.84. The molecule has 2 aromatic heterocycles. The van der Waals surface area contributed by atoms with E-state index in [9.17, 15) is 4.79 Å². The molecule has 1 aliphatic rings. The van der Waals surface area contributed by atoms with Crippen LogP contribution in [0.25, 0.3) is 5.65 Å². The highest BCUT2D eigenvalue weighted by atomic mass is 16.5. The number of rotatable bonds is 5. The zero-order chi connectivity index (χ0) is 14.5. The smallest absolute Gasteiger partial charge is 0.258 e. The molecule has 112 valence electrons. The highest BCUT2D eigenvalue weighted by Crippen LogP contribution is 2.11. The molecule has 0 aromatic carbocycles. The first-order chi connectivity index (χ1) is 10.3. The third-order valence-electron chi connectivity index (χ3n) is 3.29. The molecule has 3 heterocycles. The van der Waals surface area contributed by atoms with Crippen molar-refractivity contribution in [2.75, 3.05) is 19.8 Å². The topological polar surface area (TPSA) is 90.6 Å². The third-order valence-corrected chi connectivity index (χ3v) is 3.29. The van der Waals surface area contributed by atoms with Gasteiger partial charge >= 0.3 is 0 Å². The highest BCUT2D eigenvalue weighted by molar-refractivity contribution is 5.77. The molecule has 1 amide bonds. The first kappa shape index (κ1) is 13.7. The molecule has 0 aliphatic carbocycles. The van der Waals surface area contributed by atoms with Crippen LogP contribution >= 0.6 is 0 Å². The molecule has 1 N–H and O–H groups in total. The predicted molar refractivity (Wildman–Crippen MR) is 72.9 cm³/mol. The van der Waals surface area contributed by atoms with Gasteiger partial charge in [0.05, 0.1) is 6.10 Å². The summed E-state index contributed by atoms with van der Waals surface area (Å²) in [5.41, 5.74) is 0.626. The fraction of sp³-hybridized carbons (Fsp3) is 0.538. The molecule has 0 unspecified atom stereocenters. The van der Waals surface area contributed by atoms with Crippen LogP contribution in [0.1, 0.15) is 19.3 Å². The van der Waals surface area contributed by atoms with Gasteiger partial charge in [-0.25, -0.2) is 0 Å². The third kappa shape index (κ3) is 3.66. The van der Waals surface area contributed by atoms with E-state index >= 15 is 0 Å². The standard InChI is InChI=1S/C13H17N5O3/c19-12(14-7-10-3-1-2-6-20-10)8-21-13-5-4-11-16-15-9-18(11)17-13/h4-5,9-10H,1-3,6-8H2,(H,14,19)/t10-/m0/s1. The van der Waals surface area contributed by atoms with E-state index in [0.717, 1.165) is 25.9 Å². The Bertz CT molecular complexity index is 609. The zero-order valence-electron chi connectivity index (χ0n) is 11.6. The number of fused-ring (bicyclic) bond motifs is 1. The lowest BCUT2D eigenvalue weighted by atomic mass is 10.1. The van der Waals surface area contributed by atoms with Crippen LogP contribution in [0.15, 0.2) is 18.5 Å². The SMILES string of the molecule is O=C(COc1ccc2nncn2n1)NC[C@@H]1CCCCO1. The molecule has 1 saturated heterocycles. The minimum Gasteiger partial charge on any atom is -0.467 e. The van der Waals surface area contributed by atoms with Crippen LogP contribution in [-0.4, -0.2) is 51.6 Å². The largest absolute Gasteiger partial charge is 0.467 e. The van der Waals surface area contributed by atoms with Crippen LogP contribution in [0, 0.1) is 0 Å². The Hall–Kier alpha value is -2.22. The lowest BCUT2D eigenvalue weighted by Gasteiger charge is -2.22. The van der Waals surface area contributed by atoms with E-state index in [1.165, 1.54) is 10.8 Å². The minimum atomic E-state index is -0.185. The number of carbonyl (C=O) groups is 1. The molecule has 1 aliphatic heterocycles. The first-order valence-corrected chi connectivity index (χ1v) is 6.99. The second-order valence-corrected chi connectivity index (χ2v) is 4.89. The molecule has 8 nitrogen and oxygen atoms in total. The zero-order valence-corrected chi connectivity index (χ0v) is 11.6. The second-order valence-electron chi connectivity index (χ2n) is 4.89. The van der Waals surface area contributed by atoms with Crippen LogP contribution in [0.5, 0.6) is 5.88 Å². The summed E-state index contributed by atoms with van der Waals surface area (Å²) < 4.78 is 12.4. The predicted octanol–water partition coefficient (Wildman–Crippen LogP) is 0.188. The van der Waals surface area contributed by atoms with Crippen molar-refractivity contribution >= 4 is 11.6 Å². The molecule has 2 aromatic rings. The van der Waals surface area contributed by atoms with E-state index in [1.807, 2.05) is 0 Å². The number of hydrogen-bond acceptors (Lipinski definition) is 6. The van der Waals surface area contributed by atoms with Crippen molar-refractivity contribution in [1.82, 2.24) is 25.1 Å². The van der Waals surface area contributed by atoms with E-state index in [4.69, 9.17) is 9.47 Å². The Morgan fingerprint density at radius 3 is 3.29 bits per heavy atom. The molecule has 8 heteroatoms. The fourth-order valence-corrected chi connectivity index (χ4v) is 2.17. The van der Waals surface area contributed by atoms with Crippen molar-refractivity contribution in [3.05, 3.63) is 18.5 Å². The molecule has 0 spiro atoms. The molecule has 1 atom stereocenters. The number of nitrogens with one attached hydrogen (secondary N) is 1. The number of aromatic nitrogens is 4. The summed E-state index contributed by atoms with van der Waals surface area (Å²) in [5.74, 6) is 0.168. The van der Waals surface area contributed by atoms with Crippen LogP contribution in [0.2, 0.25) is 0 Å². The van der Waals surface area contributed by atoms with Crippen molar-refractivity contribution in [3.8, 4) is 5.88 Å². The van der Waals surface area contributed by atoms with E-state index in [2.05, 4.69) is 20.6 Å². The summed E-state index contributed by atoms with van der Waals surface area (Å²) in [4.78, 5) is 11.7. The second kappa shape index (κ2) is 6.49. The van der Waals surface area contributed by atoms with Gasteiger partial charge in [0, 0.05) is 19.2 Å². The van der Waals surface area contributed by atoms with Gasteiger partial charge in [0.25, 0.3) is 5.91 Å². The maximum atomic E-state index is 11.7. The first-order valence-electron chi connectivity index (χ1n) is 6.99. The van der Waals surface area contributed by atoms with Gasteiger partial charge in [0.15, 0.2) is 12.3 Å². The number of carbonyl (C=O) groups excluding carboxylic acids is 1. The van der Waals surface area contributed by atoms with Crippen molar-refractivity contribution in [2.45, 2.75) is 25.4 Å². The summed E-state index contributed by atoms with van der Waals surface area (Å²) in [6, 6.07) is 3.38. The fourth-order valence-electron chi connectivity index (χ4n) is 2.17. The van der Waals surface area contributed by atoms with E-state index in [1.54, 1.807) is 12.1 Å². The van der Waals surface area contributed by atoms with Gasteiger partial charge in [-0.2, -0.15) is 4.52 Å². The molecule has 21 heavy (non-hydrogen) atoms. The number of amides is 1. The van der Waals surface area contributed by atoms with E-state index in [0.29, 0.717) is 18.1 Å². The lowest BCUT2D eigenvalue weighted by Crippen LogP contribution is -2.37. The van der Waals surface area contributed by atoms with Gasteiger partial charge in [-0.15, -0.1) is 15.3 Å². The van der Waals surface area contributed by atoms with Gasteiger partial charge in [-0.05, 0) is 25.3 Å². The molecular formula is C13H17N5O3. The molecule has 3 rings (SSSR count). The average Bonchev–Trinajstić information content (AvgIpc) is 2.99. The van der Waals surface area contributed by atoms with Crippen LogP contribution in [0.4, 0.5) is 0 Å². The molecule has 0 bridgehead atoms. The van der Waals surface area contributed by atoms with Gasteiger partial charge in [-0.3, -0.25) is 4.79 Å². The van der Waals surface area contributed by atoms with Crippen molar-refractivity contribution in [2.24, 2.45) is 0 Å². The Kier molecular flexibility index (Phi) is 4.25. The Labute approximate surface area is 121 Å². The van der Waals surface area contributed by atoms with Gasteiger partial charge in [0.2, 0.25) is 5.88 Å². The normalized spacial score (nSPS) is 18.6. The van der Waals surface area contributed by atoms with Gasteiger partial charge in [0.1, 0.15) is 6.33 Å². The Morgan fingerprint density at radius 1 is 1.48 bits per heavy atom. The summed E-state index contributed by atoms with van der Waals surface area (Å²) in [6.45, 7) is 1.23. The van der Waals surface area contributed by atoms with Crippen LogP contribution in [-0.2, 0) is 9.53 Å². The molecule has 0 radical (unpaired) electrons. The number of nitrogens with zero attached hydrogens (tertiary/aromatic N) is 4. The molecule has 1 fully saturated rings. The average molecular weight is 291 g/mol. The molecule has 0 saturated carbocycles. The van der Waals surface area contributed by atoms with Crippen molar-refractivity contribution in [3.63, 3.8) is 0 Å². The van der Waals surface area contributed by atoms with E-state index < -0.39 is 0 Å². The number of hydrogen-bond donors (Lipinski definition) is 1. The minimum absolute atomic E-state index is 0.0760. The summed E-state index contributed by atoms with van der Waals surface area (Å²) in [7, 11) is 0. The summed E-state index contributed by atoms with van der Waals surface area (Å²) in [5, 5.41) is 14.5. The van der Waals surface area contributed by atoms with Crippen LogP contribution < -0.4 is 10.1 Å². The Balaban J connectivity index is 1.44. The molecular weight excluding hydrogens is 274 g/mol. The maximum absolute atomic E-state index is 11.7. The number of ether oxygens (including phenoxy) is 2. The lowest BCUT2D eigenvalue weighted by molar-refractivity contribution is -0.124.